The minimum atomic E-state index is -0.124. The van der Waals surface area contributed by atoms with Crippen molar-refractivity contribution in [1.29, 1.82) is 0 Å². The van der Waals surface area contributed by atoms with Gasteiger partial charge in [0.15, 0.2) is 0 Å². The first kappa shape index (κ1) is 29.4. The van der Waals surface area contributed by atoms with Crippen molar-refractivity contribution in [3.63, 3.8) is 0 Å². The van der Waals surface area contributed by atoms with Gasteiger partial charge in [-0.05, 0) is 58.2 Å². The Balaban J connectivity index is 4.01. The van der Waals surface area contributed by atoms with Gasteiger partial charge in [0.1, 0.15) is 0 Å². The van der Waals surface area contributed by atoms with E-state index < -0.39 is 0 Å². The van der Waals surface area contributed by atoms with Crippen molar-refractivity contribution < 1.29 is 28.6 Å². The second-order valence-electron chi connectivity index (χ2n) is 8.06. The standard InChI is InChI=1S/C24H45NO6/c1-29-22(26)16-10-4-7-13-19-25(20-14-8-5-11-17-23(27)30-2)21-15-9-6-12-18-24(28)31-3/h4-21H2,1-3H3. The summed E-state index contributed by atoms with van der Waals surface area (Å²) in [6.07, 6.45) is 14.2. The number of hydrogen-bond acceptors (Lipinski definition) is 7. The lowest BCUT2D eigenvalue weighted by atomic mass is 10.1. The average molecular weight is 444 g/mol. The summed E-state index contributed by atoms with van der Waals surface area (Å²) in [6.45, 7) is 3.26. The molecule has 0 aliphatic carbocycles. The summed E-state index contributed by atoms with van der Waals surface area (Å²) in [7, 11) is 4.31. The number of ether oxygens (including phenoxy) is 3. The Morgan fingerprint density at radius 1 is 0.452 bits per heavy atom. The second-order valence-corrected chi connectivity index (χ2v) is 8.06. The van der Waals surface area contributed by atoms with Gasteiger partial charge in [-0.25, -0.2) is 0 Å². The zero-order valence-corrected chi connectivity index (χ0v) is 20.1. The van der Waals surface area contributed by atoms with Crippen LogP contribution in [0.1, 0.15) is 96.3 Å². The van der Waals surface area contributed by atoms with Crippen LogP contribution >= 0.6 is 0 Å². The molecule has 0 N–H and O–H groups in total. The zero-order chi connectivity index (χ0) is 23.2. The normalized spacial score (nSPS) is 10.8. The monoisotopic (exact) mass is 443 g/mol. The third-order valence-electron chi connectivity index (χ3n) is 5.50. The molecule has 182 valence electrons. The van der Waals surface area contributed by atoms with Crippen LogP contribution in [0.5, 0.6) is 0 Å². The molecule has 0 spiro atoms. The highest BCUT2D eigenvalue weighted by molar-refractivity contribution is 5.69. The summed E-state index contributed by atoms with van der Waals surface area (Å²) in [5.74, 6) is -0.372. The Kier molecular flexibility index (Phi) is 20.5. The summed E-state index contributed by atoms with van der Waals surface area (Å²) in [4.78, 5) is 36.0. The first-order chi connectivity index (χ1) is 15.0. The third-order valence-corrected chi connectivity index (χ3v) is 5.50. The van der Waals surface area contributed by atoms with E-state index in [9.17, 15) is 14.4 Å². The van der Waals surface area contributed by atoms with E-state index in [1.54, 1.807) is 0 Å². The smallest absolute Gasteiger partial charge is 0.305 e. The molecule has 0 saturated heterocycles. The maximum Gasteiger partial charge on any atom is 0.305 e. The second kappa shape index (κ2) is 21.6. The number of carbonyl (C=O) groups is 3. The molecule has 0 fully saturated rings. The van der Waals surface area contributed by atoms with E-state index in [2.05, 4.69) is 19.1 Å². The minimum Gasteiger partial charge on any atom is -0.469 e. The molecule has 0 aromatic carbocycles. The lowest BCUT2D eigenvalue weighted by Crippen LogP contribution is -2.27. The highest BCUT2D eigenvalue weighted by atomic mass is 16.5. The van der Waals surface area contributed by atoms with Gasteiger partial charge in [0.2, 0.25) is 0 Å². The molecular weight excluding hydrogens is 398 g/mol. The number of nitrogens with zero attached hydrogens (tertiary/aromatic N) is 1. The predicted molar refractivity (Wildman–Crippen MR) is 122 cm³/mol. The largest absolute Gasteiger partial charge is 0.469 e. The first-order valence-electron chi connectivity index (χ1n) is 12.0. The topological polar surface area (TPSA) is 82.1 Å². The van der Waals surface area contributed by atoms with Gasteiger partial charge in [-0.1, -0.05) is 38.5 Å². The van der Waals surface area contributed by atoms with Crippen LogP contribution in [0.3, 0.4) is 0 Å². The molecule has 0 atom stereocenters. The Hall–Kier alpha value is -1.63. The van der Waals surface area contributed by atoms with E-state index in [0.29, 0.717) is 19.3 Å². The lowest BCUT2D eigenvalue weighted by molar-refractivity contribution is -0.141. The molecule has 0 heterocycles. The fourth-order valence-corrected chi connectivity index (χ4v) is 3.52. The van der Waals surface area contributed by atoms with Crippen molar-refractivity contribution in [2.75, 3.05) is 41.0 Å². The molecule has 7 heteroatoms. The van der Waals surface area contributed by atoms with Crippen LogP contribution in [-0.4, -0.2) is 63.8 Å². The molecule has 0 bridgehead atoms. The molecule has 0 rings (SSSR count). The highest BCUT2D eigenvalue weighted by Crippen LogP contribution is 2.11. The molecule has 31 heavy (non-hydrogen) atoms. The van der Waals surface area contributed by atoms with E-state index in [0.717, 1.165) is 96.7 Å². The quantitative estimate of drug-likeness (QED) is 0.145. The van der Waals surface area contributed by atoms with E-state index in [-0.39, 0.29) is 17.9 Å². The predicted octanol–water partition coefficient (Wildman–Crippen LogP) is 4.66. The average Bonchev–Trinajstić information content (AvgIpc) is 2.78. The maximum atomic E-state index is 11.2. The van der Waals surface area contributed by atoms with Gasteiger partial charge >= 0.3 is 17.9 Å². The van der Waals surface area contributed by atoms with Gasteiger partial charge in [-0.3, -0.25) is 14.4 Å². The van der Waals surface area contributed by atoms with Crippen LogP contribution in [0.4, 0.5) is 0 Å². The maximum absolute atomic E-state index is 11.2. The fraction of sp³-hybridized carbons (Fsp3) is 0.875. The van der Waals surface area contributed by atoms with Crippen molar-refractivity contribution in [3.05, 3.63) is 0 Å². The summed E-state index contributed by atoms with van der Waals surface area (Å²) in [6, 6.07) is 0. The summed E-state index contributed by atoms with van der Waals surface area (Å²) in [5, 5.41) is 0. The summed E-state index contributed by atoms with van der Waals surface area (Å²) >= 11 is 0. The molecule has 0 aliphatic heterocycles. The van der Waals surface area contributed by atoms with Gasteiger partial charge in [0.25, 0.3) is 0 Å². The van der Waals surface area contributed by atoms with Crippen molar-refractivity contribution in [2.24, 2.45) is 0 Å². The first-order valence-corrected chi connectivity index (χ1v) is 12.0. The third kappa shape index (κ3) is 20.0. The highest BCUT2D eigenvalue weighted by Gasteiger charge is 2.07. The van der Waals surface area contributed by atoms with Crippen molar-refractivity contribution in [3.8, 4) is 0 Å². The number of hydrogen-bond donors (Lipinski definition) is 0. The molecule has 0 saturated carbocycles. The van der Waals surface area contributed by atoms with Crippen LogP contribution < -0.4 is 0 Å². The fourth-order valence-electron chi connectivity index (χ4n) is 3.52. The van der Waals surface area contributed by atoms with Crippen molar-refractivity contribution in [1.82, 2.24) is 4.90 Å². The Bertz CT molecular complexity index is 402. The molecule has 0 unspecified atom stereocenters. The van der Waals surface area contributed by atoms with E-state index in [1.165, 1.54) is 21.3 Å². The number of esters is 3. The van der Waals surface area contributed by atoms with Gasteiger partial charge in [0.05, 0.1) is 21.3 Å². The van der Waals surface area contributed by atoms with Crippen molar-refractivity contribution >= 4 is 17.9 Å². The number of methoxy groups -OCH3 is 3. The van der Waals surface area contributed by atoms with E-state index in [1.807, 2.05) is 0 Å². The van der Waals surface area contributed by atoms with Crippen LogP contribution in [0.15, 0.2) is 0 Å². The molecule has 0 aliphatic rings. The number of carbonyl (C=O) groups excluding carboxylic acids is 3. The Morgan fingerprint density at radius 2 is 0.710 bits per heavy atom. The number of rotatable bonds is 21. The van der Waals surface area contributed by atoms with Gasteiger partial charge in [0, 0.05) is 19.3 Å². The Morgan fingerprint density at radius 3 is 0.968 bits per heavy atom. The van der Waals surface area contributed by atoms with Gasteiger partial charge in [-0.15, -0.1) is 0 Å². The van der Waals surface area contributed by atoms with E-state index in [4.69, 9.17) is 0 Å². The SMILES string of the molecule is COC(=O)CCCCCCN(CCCCCCC(=O)OC)CCCCCCC(=O)OC. The molecule has 0 amide bonds. The van der Waals surface area contributed by atoms with Crippen LogP contribution in [0, 0.1) is 0 Å². The van der Waals surface area contributed by atoms with Gasteiger partial charge < -0.3 is 19.1 Å². The molecular formula is C24H45NO6. The van der Waals surface area contributed by atoms with Crippen molar-refractivity contribution in [2.45, 2.75) is 96.3 Å². The Labute approximate surface area is 189 Å². The molecule has 0 aromatic rings. The van der Waals surface area contributed by atoms with Gasteiger partial charge in [-0.2, -0.15) is 0 Å². The minimum absolute atomic E-state index is 0.124. The van der Waals surface area contributed by atoms with Crippen LogP contribution in [0.25, 0.3) is 0 Å². The lowest BCUT2D eigenvalue weighted by Gasteiger charge is -2.22. The summed E-state index contributed by atoms with van der Waals surface area (Å²) in [5.41, 5.74) is 0. The van der Waals surface area contributed by atoms with Crippen LogP contribution in [0.2, 0.25) is 0 Å². The number of unbranched alkanes of at least 4 members (excludes halogenated alkanes) is 9. The van der Waals surface area contributed by atoms with Crippen LogP contribution in [-0.2, 0) is 28.6 Å². The molecule has 0 aromatic heterocycles. The molecule has 0 radical (unpaired) electrons. The van der Waals surface area contributed by atoms with E-state index >= 15 is 0 Å². The zero-order valence-electron chi connectivity index (χ0n) is 20.1. The molecule has 7 nitrogen and oxygen atoms in total. The summed E-state index contributed by atoms with van der Waals surface area (Å²) < 4.78 is 14.0.